The van der Waals surface area contributed by atoms with Crippen molar-refractivity contribution in [3.63, 3.8) is 0 Å². The summed E-state index contributed by atoms with van der Waals surface area (Å²) in [6, 6.07) is 19.1. The second-order valence-electron chi connectivity index (χ2n) is 7.55. The molecule has 0 heterocycles. The first-order valence-electron chi connectivity index (χ1n) is 10.7. The summed E-state index contributed by atoms with van der Waals surface area (Å²) in [4.78, 5) is 12.5. The molecule has 0 aliphatic rings. The number of amides is 1. The molecule has 11 heteroatoms. The molecule has 0 saturated heterocycles. The number of hydrogen-bond donors (Lipinski definition) is 1. The molecule has 0 atom stereocenters. The number of anilines is 1. The van der Waals surface area contributed by atoms with Crippen LogP contribution in [0, 0.1) is 0 Å². The van der Waals surface area contributed by atoms with Gasteiger partial charge in [-0.1, -0.05) is 29.8 Å². The van der Waals surface area contributed by atoms with Crippen molar-refractivity contribution >= 4 is 39.4 Å². The molecule has 0 saturated carbocycles. The number of carbonyl (C=O) groups excluding carboxylic acids is 1. The first-order valence-corrected chi connectivity index (χ1v) is 12.9. The maximum atomic E-state index is 12.5. The van der Waals surface area contributed by atoms with E-state index in [0.717, 1.165) is 16.1 Å². The summed E-state index contributed by atoms with van der Waals surface area (Å²) < 4.78 is 41.9. The highest BCUT2D eigenvalue weighted by Gasteiger charge is 2.24. The van der Waals surface area contributed by atoms with Crippen LogP contribution in [0.15, 0.2) is 71.8 Å². The highest BCUT2D eigenvalue weighted by atomic mass is 35.5. The number of ether oxygens (including phenoxy) is 3. The lowest BCUT2D eigenvalue weighted by atomic mass is 10.2. The molecule has 1 amide bonds. The average Bonchev–Trinajstić information content (AvgIpc) is 2.86. The Kier molecular flexibility index (Phi) is 9.15. The normalized spacial score (nSPS) is 11.2. The number of rotatable bonds is 11. The fraction of sp³-hybridized carbons (Fsp3) is 0.200. The quantitative estimate of drug-likeness (QED) is 0.297. The number of methoxy groups -OCH3 is 2. The van der Waals surface area contributed by atoms with Crippen molar-refractivity contribution in [2.45, 2.75) is 6.61 Å². The van der Waals surface area contributed by atoms with Crippen LogP contribution >= 0.6 is 11.6 Å². The van der Waals surface area contributed by atoms with Crippen molar-refractivity contribution in [1.82, 2.24) is 5.43 Å². The second kappa shape index (κ2) is 12.3. The first-order chi connectivity index (χ1) is 17.2. The smallest absolute Gasteiger partial charge is 0.260 e. The third kappa shape index (κ3) is 7.37. The zero-order chi connectivity index (χ0) is 26.1. The van der Waals surface area contributed by atoms with Crippen LogP contribution in [-0.4, -0.2) is 47.6 Å². The fourth-order valence-corrected chi connectivity index (χ4v) is 4.19. The largest absolute Gasteiger partial charge is 0.497 e. The van der Waals surface area contributed by atoms with Crippen LogP contribution in [0.4, 0.5) is 5.69 Å². The number of hydrogen-bond acceptors (Lipinski definition) is 7. The van der Waals surface area contributed by atoms with E-state index in [0.29, 0.717) is 28.7 Å². The molecule has 3 aromatic carbocycles. The van der Waals surface area contributed by atoms with Crippen LogP contribution < -0.4 is 23.9 Å². The predicted molar refractivity (Wildman–Crippen MR) is 140 cm³/mol. The van der Waals surface area contributed by atoms with E-state index in [-0.39, 0.29) is 11.4 Å². The molecule has 0 aromatic heterocycles. The first kappa shape index (κ1) is 26.8. The van der Waals surface area contributed by atoms with Crippen molar-refractivity contribution in [2.75, 3.05) is 31.3 Å². The van der Waals surface area contributed by atoms with Gasteiger partial charge in [0, 0.05) is 16.7 Å². The van der Waals surface area contributed by atoms with E-state index in [1.54, 1.807) is 36.4 Å². The second-order valence-corrected chi connectivity index (χ2v) is 9.86. The monoisotopic (exact) mass is 531 g/mol. The average molecular weight is 532 g/mol. The topological polar surface area (TPSA) is 107 Å². The van der Waals surface area contributed by atoms with Gasteiger partial charge in [-0.05, 0) is 48.0 Å². The van der Waals surface area contributed by atoms with Gasteiger partial charge in [-0.25, -0.2) is 13.8 Å². The fourth-order valence-electron chi connectivity index (χ4n) is 3.14. The summed E-state index contributed by atoms with van der Waals surface area (Å²) in [6.07, 6.45) is 2.44. The van der Waals surface area contributed by atoms with E-state index in [1.807, 2.05) is 18.2 Å². The van der Waals surface area contributed by atoms with Crippen LogP contribution in [0.2, 0.25) is 5.02 Å². The highest BCUT2D eigenvalue weighted by Crippen LogP contribution is 2.33. The van der Waals surface area contributed by atoms with Gasteiger partial charge >= 0.3 is 0 Å². The van der Waals surface area contributed by atoms with E-state index in [4.69, 9.17) is 25.8 Å². The predicted octanol–water partition coefficient (Wildman–Crippen LogP) is 3.85. The van der Waals surface area contributed by atoms with Crippen molar-refractivity contribution in [2.24, 2.45) is 5.10 Å². The van der Waals surface area contributed by atoms with Crippen LogP contribution in [-0.2, 0) is 21.4 Å². The van der Waals surface area contributed by atoms with Crippen molar-refractivity contribution in [1.29, 1.82) is 0 Å². The Bertz CT molecular complexity index is 1330. The number of benzene rings is 3. The third-order valence-corrected chi connectivity index (χ3v) is 6.47. The third-order valence-electron chi connectivity index (χ3n) is 4.98. The number of sulfonamides is 1. The molecule has 9 nitrogen and oxygen atoms in total. The van der Waals surface area contributed by atoms with E-state index in [2.05, 4.69) is 10.5 Å². The van der Waals surface area contributed by atoms with Crippen LogP contribution in [0.1, 0.15) is 11.1 Å². The molecule has 0 aliphatic heterocycles. The lowest BCUT2D eigenvalue weighted by Gasteiger charge is -2.23. The van der Waals surface area contributed by atoms with E-state index < -0.39 is 22.5 Å². The molecule has 0 spiro atoms. The van der Waals surface area contributed by atoms with Crippen molar-refractivity contribution in [3.05, 3.63) is 82.9 Å². The van der Waals surface area contributed by atoms with Gasteiger partial charge < -0.3 is 14.2 Å². The summed E-state index contributed by atoms with van der Waals surface area (Å²) in [5.41, 5.74) is 4.13. The summed E-state index contributed by atoms with van der Waals surface area (Å²) >= 11 is 6.14. The van der Waals surface area contributed by atoms with Crippen LogP contribution in [0.3, 0.4) is 0 Å². The number of halogens is 1. The Morgan fingerprint density at radius 2 is 1.72 bits per heavy atom. The van der Waals surface area contributed by atoms with E-state index in [9.17, 15) is 13.2 Å². The summed E-state index contributed by atoms with van der Waals surface area (Å²) in [5, 5.41) is 4.56. The van der Waals surface area contributed by atoms with Gasteiger partial charge in [-0.15, -0.1) is 0 Å². The van der Waals surface area contributed by atoms with Gasteiger partial charge in [0.2, 0.25) is 10.0 Å². The molecule has 0 radical (unpaired) electrons. The number of nitrogens with one attached hydrogen (secondary N) is 1. The summed E-state index contributed by atoms with van der Waals surface area (Å²) in [5.74, 6) is 0.744. The van der Waals surface area contributed by atoms with Crippen molar-refractivity contribution in [3.8, 4) is 17.2 Å². The van der Waals surface area contributed by atoms with E-state index in [1.165, 1.54) is 32.6 Å². The zero-order valence-corrected chi connectivity index (χ0v) is 21.5. The van der Waals surface area contributed by atoms with Gasteiger partial charge in [0.05, 0.1) is 32.4 Å². The van der Waals surface area contributed by atoms with Crippen molar-refractivity contribution < 1.29 is 27.4 Å². The molecule has 0 unspecified atom stereocenters. The Hall–Kier alpha value is -3.76. The minimum atomic E-state index is -3.80. The van der Waals surface area contributed by atoms with Gasteiger partial charge in [-0.2, -0.15) is 5.10 Å². The molecular formula is C25H26ClN3O6S. The van der Waals surface area contributed by atoms with Gasteiger partial charge in [0.25, 0.3) is 5.91 Å². The highest BCUT2D eigenvalue weighted by molar-refractivity contribution is 7.92. The Labute approximate surface area is 215 Å². The van der Waals surface area contributed by atoms with Crippen LogP contribution in [0.5, 0.6) is 17.2 Å². The Balaban J connectivity index is 1.60. The zero-order valence-electron chi connectivity index (χ0n) is 20.0. The Morgan fingerprint density at radius 1 is 1.03 bits per heavy atom. The SMILES string of the molecule is COc1ccc(N(CC(=O)N/N=C\c2ccc(OCc3ccccc3Cl)cc2)S(C)(=O)=O)c(OC)c1. The molecular weight excluding hydrogens is 506 g/mol. The lowest BCUT2D eigenvalue weighted by molar-refractivity contribution is -0.119. The molecule has 0 bridgehead atoms. The Morgan fingerprint density at radius 3 is 2.36 bits per heavy atom. The lowest BCUT2D eigenvalue weighted by Crippen LogP contribution is -2.39. The van der Waals surface area contributed by atoms with Gasteiger partial charge in [-0.3, -0.25) is 9.10 Å². The maximum Gasteiger partial charge on any atom is 0.260 e. The minimum absolute atomic E-state index is 0.201. The van der Waals surface area contributed by atoms with E-state index >= 15 is 0 Å². The molecule has 190 valence electrons. The van der Waals surface area contributed by atoms with Gasteiger partial charge in [0.1, 0.15) is 30.4 Å². The summed E-state index contributed by atoms with van der Waals surface area (Å²) in [6.45, 7) is -0.160. The van der Waals surface area contributed by atoms with Crippen LogP contribution in [0.25, 0.3) is 0 Å². The van der Waals surface area contributed by atoms with Gasteiger partial charge in [0.15, 0.2) is 0 Å². The molecule has 3 rings (SSSR count). The number of hydrazone groups is 1. The number of nitrogens with zero attached hydrogens (tertiary/aromatic N) is 2. The molecule has 1 N–H and O–H groups in total. The molecule has 36 heavy (non-hydrogen) atoms. The molecule has 0 fully saturated rings. The molecule has 0 aliphatic carbocycles. The minimum Gasteiger partial charge on any atom is -0.497 e. The molecule has 3 aromatic rings. The number of carbonyl (C=O) groups is 1. The maximum absolute atomic E-state index is 12.5. The standard InChI is InChI=1S/C25H26ClN3O6S/c1-33-21-12-13-23(24(14-21)34-2)29(36(3,31)32)16-25(30)28-27-15-18-8-10-20(11-9-18)35-17-19-6-4-5-7-22(19)26/h4-15H,16-17H2,1-3H3,(H,28,30)/b27-15-. The summed E-state index contributed by atoms with van der Waals surface area (Å²) in [7, 11) is -0.917.